The second-order valence-electron chi connectivity index (χ2n) is 3.55. The summed E-state index contributed by atoms with van der Waals surface area (Å²) in [6, 6.07) is 0. The molecule has 0 radical (unpaired) electrons. The van der Waals surface area contributed by atoms with Gasteiger partial charge in [-0.2, -0.15) is 8.75 Å². The number of halogens is 1. The van der Waals surface area contributed by atoms with Gasteiger partial charge in [-0.05, 0) is 24.7 Å². The molecule has 66 valence electrons. The number of aromatic nitrogens is 2. The maximum atomic E-state index is 4.23. The van der Waals surface area contributed by atoms with E-state index < -0.39 is 0 Å². The van der Waals surface area contributed by atoms with Crippen LogP contribution in [0.1, 0.15) is 25.5 Å². The molecule has 4 heteroatoms. The molecule has 0 N–H and O–H groups in total. The van der Waals surface area contributed by atoms with E-state index in [1.54, 1.807) is 0 Å². The fraction of sp³-hybridized carbons (Fsp3) is 0.750. The van der Waals surface area contributed by atoms with E-state index in [9.17, 15) is 0 Å². The Bertz CT molecular complexity index is 254. The molecule has 0 aliphatic heterocycles. The van der Waals surface area contributed by atoms with Crippen molar-refractivity contribution in [2.45, 2.75) is 31.0 Å². The number of hydrogen-bond donors (Lipinski definition) is 0. The number of rotatable bonds is 3. The van der Waals surface area contributed by atoms with Crippen molar-refractivity contribution in [1.29, 1.82) is 0 Å². The third kappa shape index (κ3) is 1.55. The highest BCUT2D eigenvalue weighted by Crippen LogP contribution is 2.53. The summed E-state index contributed by atoms with van der Waals surface area (Å²) < 4.78 is 8.24. The monoisotopic (exact) mass is 246 g/mol. The summed E-state index contributed by atoms with van der Waals surface area (Å²) in [7, 11) is 0. The molecule has 1 saturated carbocycles. The van der Waals surface area contributed by atoms with Gasteiger partial charge in [0, 0.05) is 4.83 Å². The number of hydrogen-bond acceptors (Lipinski definition) is 3. The zero-order valence-electron chi connectivity index (χ0n) is 6.96. The first kappa shape index (κ1) is 8.63. The van der Waals surface area contributed by atoms with Gasteiger partial charge in [0.05, 0.1) is 23.6 Å². The van der Waals surface area contributed by atoms with Gasteiger partial charge in [-0.3, -0.25) is 0 Å². The fourth-order valence-corrected chi connectivity index (χ4v) is 2.55. The van der Waals surface area contributed by atoms with Gasteiger partial charge in [-0.1, -0.05) is 22.9 Å². The predicted octanol–water partition coefficient (Wildman–Crippen LogP) is 2.64. The topological polar surface area (TPSA) is 25.8 Å². The zero-order chi connectivity index (χ0) is 8.60. The zero-order valence-corrected chi connectivity index (χ0v) is 9.36. The van der Waals surface area contributed by atoms with Crippen molar-refractivity contribution >= 4 is 27.7 Å². The fourth-order valence-electron chi connectivity index (χ4n) is 1.50. The predicted molar refractivity (Wildman–Crippen MR) is 53.7 cm³/mol. The minimum Gasteiger partial charge on any atom is -0.181 e. The first-order chi connectivity index (χ1) is 5.73. The molecular formula is C8H11BrN2S. The summed E-state index contributed by atoms with van der Waals surface area (Å²) in [5.74, 6) is 0. The van der Waals surface area contributed by atoms with Gasteiger partial charge in [0.2, 0.25) is 0 Å². The molecule has 2 nitrogen and oxygen atoms in total. The Morgan fingerprint density at radius 1 is 1.75 bits per heavy atom. The lowest BCUT2D eigenvalue weighted by Crippen LogP contribution is -2.15. The molecule has 0 amide bonds. The van der Waals surface area contributed by atoms with Crippen LogP contribution in [0.15, 0.2) is 6.20 Å². The van der Waals surface area contributed by atoms with E-state index in [0.29, 0.717) is 10.2 Å². The van der Waals surface area contributed by atoms with Crippen LogP contribution >= 0.6 is 27.7 Å². The second-order valence-corrected chi connectivity index (χ2v) is 5.48. The minimum atomic E-state index is 0.496. The largest absolute Gasteiger partial charge is 0.181 e. The summed E-state index contributed by atoms with van der Waals surface area (Å²) in [5, 5.41) is 0. The Labute approximate surface area is 84.8 Å². The van der Waals surface area contributed by atoms with Gasteiger partial charge < -0.3 is 0 Å². The van der Waals surface area contributed by atoms with Crippen LogP contribution in [0.25, 0.3) is 0 Å². The lowest BCUT2D eigenvalue weighted by atomic mass is 9.97. The molecule has 1 aromatic heterocycles. The van der Waals surface area contributed by atoms with E-state index >= 15 is 0 Å². The molecule has 0 saturated heterocycles. The van der Waals surface area contributed by atoms with Gasteiger partial charge in [-0.15, -0.1) is 0 Å². The lowest BCUT2D eigenvalue weighted by Gasteiger charge is -2.15. The van der Waals surface area contributed by atoms with Crippen molar-refractivity contribution in [3.63, 3.8) is 0 Å². The summed E-state index contributed by atoms with van der Waals surface area (Å²) in [6.07, 6.45) is 5.64. The third-order valence-corrected chi connectivity index (χ3v) is 4.16. The Morgan fingerprint density at radius 2 is 2.50 bits per heavy atom. The van der Waals surface area contributed by atoms with Crippen LogP contribution in [-0.2, 0) is 6.42 Å². The van der Waals surface area contributed by atoms with E-state index in [2.05, 4.69) is 31.6 Å². The van der Waals surface area contributed by atoms with Crippen LogP contribution in [0.2, 0.25) is 0 Å². The summed E-state index contributed by atoms with van der Waals surface area (Å²) in [4.78, 5) is 0.603. The molecule has 1 aliphatic rings. The summed E-state index contributed by atoms with van der Waals surface area (Å²) in [5.41, 5.74) is 1.65. The normalized spacial score (nSPS) is 22.2. The van der Waals surface area contributed by atoms with Crippen molar-refractivity contribution in [3.05, 3.63) is 11.9 Å². The summed E-state index contributed by atoms with van der Waals surface area (Å²) >= 11 is 4.96. The molecule has 1 aliphatic carbocycles. The van der Waals surface area contributed by atoms with Gasteiger partial charge in [0.15, 0.2) is 0 Å². The van der Waals surface area contributed by atoms with Gasteiger partial charge in [0.1, 0.15) is 0 Å². The van der Waals surface area contributed by atoms with E-state index in [1.807, 2.05) is 6.20 Å². The third-order valence-electron chi connectivity index (χ3n) is 2.68. The first-order valence-electron chi connectivity index (χ1n) is 4.13. The molecule has 0 aromatic carbocycles. The van der Waals surface area contributed by atoms with Crippen LogP contribution in [0.4, 0.5) is 0 Å². The highest BCUT2D eigenvalue weighted by atomic mass is 79.9. The molecule has 0 bridgehead atoms. The van der Waals surface area contributed by atoms with E-state index in [-0.39, 0.29) is 0 Å². The van der Waals surface area contributed by atoms with Crippen molar-refractivity contribution in [2.75, 3.05) is 0 Å². The van der Waals surface area contributed by atoms with Gasteiger partial charge in [0.25, 0.3) is 0 Å². The van der Waals surface area contributed by atoms with Crippen LogP contribution in [0.5, 0.6) is 0 Å². The molecule has 1 heterocycles. The molecule has 1 atom stereocenters. The van der Waals surface area contributed by atoms with Gasteiger partial charge >= 0.3 is 0 Å². The Hall–Kier alpha value is 0.0400. The lowest BCUT2D eigenvalue weighted by molar-refractivity contribution is 0.504. The van der Waals surface area contributed by atoms with Crippen molar-refractivity contribution in [3.8, 4) is 0 Å². The summed E-state index contributed by atoms with van der Waals surface area (Å²) in [6.45, 7) is 2.23. The minimum absolute atomic E-state index is 0.496. The number of alkyl halides is 1. The van der Waals surface area contributed by atoms with Crippen LogP contribution in [0.3, 0.4) is 0 Å². The number of nitrogens with zero attached hydrogens (tertiary/aromatic N) is 2. The van der Waals surface area contributed by atoms with E-state index in [4.69, 9.17) is 0 Å². The average molecular weight is 247 g/mol. The highest BCUT2D eigenvalue weighted by Gasteiger charge is 2.46. The standard InChI is InChI=1S/C8H11BrN2S/c1-6(9)8(2-3-8)4-7-5-10-12-11-7/h5-6H,2-4H2,1H3. The maximum Gasteiger partial charge on any atom is 0.0748 e. The Kier molecular flexibility index (Phi) is 2.21. The smallest absolute Gasteiger partial charge is 0.0748 e. The van der Waals surface area contributed by atoms with Crippen molar-refractivity contribution in [1.82, 2.24) is 8.75 Å². The molecule has 1 aromatic rings. The van der Waals surface area contributed by atoms with Crippen LogP contribution in [0, 0.1) is 5.41 Å². The van der Waals surface area contributed by atoms with Crippen molar-refractivity contribution < 1.29 is 0 Å². The Morgan fingerprint density at radius 3 is 2.92 bits per heavy atom. The highest BCUT2D eigenvalue weighted by molar-refractivity contribution is 9.09. The van der Waals surface area contributed by atoms with Gasteiger partial charge in [-0.25, -0.2) is 0 Å². The van der Waals surface area contributed by atoms with E-state index in [1.165, 1.54) is 24.6 Å². The maximum absolute atomic E-state index is 4.23. The SMILES string of the molecule is CC(Br)C1(Cc2cnsn2)CC1. The van der Waals surface area contributed by atoms with Crippen LogP contribution < -0.4 is 0 Å². The van der Waals surface area contributed by atoms with Crippen molar-refractivity contribution in [2.24, 2.45) is 5.41 Å². The molecular weight excluding hydrogens is 236 g/mol. The molecule has 1 unspecified atom stereocenters. The average Bonchev–Trinajstić information content (AvgIpc) is 2.60. The first-order valence-corrected chi connectivity index (χ1v) is 5.78. The molecule has 12 heavy (non-hydrogen) atoms. The van der Waals surface area contributed by atoms with E-state index in [0.717, 1.165) is 12.1 Å². The molecule has 0 spiro atoms. The Balaban J connectivity index is 2.04. The molecule has 1 fully saturated rings. The quantitative estimate of drug-likeness (QED) is 0.767. The second kappa shape index (κ2) is 3.07. The van der Waals surface area contributed by atoms with Crippen LogP contribution in [-0.4, -0.2) is 13.6 Å². The molecule has 2 rings (SSSR count).